The topological polar surface area (TPSA) is 15.3 Å². The molecule has 0 aromatic heterocycles. The summed E-state index contributed by atoms with van der Waals surface area (Å²) >= 11 is 2.07. The second-order valence-corrected chi connectivity index (χ2v) is 6.53. The van der Waals surface area contributed by atoms with Crippen LogP contribution in [0.2, 0.25) is 0 Å². The molecule has 1 aliphatic heterocycles. The highest BCUT2D eigenvalue weighted by Crippen LogP contribution is 2.26. The molecule has 2 rings (SSSR count). The van der Waals surface area contributed by atoms with E-state index in [1.807, 2.05) is 0 Å². The lowest BCUT2D eigenvalue weighted by Crippen LogP contribution is -2.47. The largest absolute Gasteiger partial charge is 0.312 e. The summed E-state index contributed by atoms with van der Waals surface area (Å²) in [5.41, 5.74) is 2.87. The fraction of sp³-hybridized carbons (Fsp3) is 0.625. The van der Waals surface area contributed by atoms with Gasteiger partial charge in [-0.15, -0.1) is 0 Å². The van der Waals surface area contributed by atoms with Crippen molar-refractivity contribution in [3.05, 3.63) is 35.4 Å². The lowest BCUT2D eigenvalue weighted by atomic mass is 9.97. The molecule has 2 nitrogen and oxygen atoms in total. The predicted molar refractivity (Wildman–Crippen MR) is 86.0 cm³/mol. The molecule has 0 bridgehead atoms. The average Bonchev–Trinajstić information content (AvgIpc) is 2.44. The van der Waals surface area contributed by atoms with E-state index in [0.717, 1.165) is 0 Å². The van der Waals surface area contributed by atoms with E-state index >= 15 is 0 Å². The Balaban J connectivity index is 2.11. The molecule has 1 aromatic carbocycles. The van der Waals surface area contributed by atoms with Gasteiger partial charge in [0.05, 0.1) is 0 Å². The first-order chi connectivity index (χ1) is 9.26. The maximum atomic E-state index is 3.51. The highest BCUT2D eigenvalue weighted by atomic mass is 32.2. The normalized spacial score (nSPS) is 22.4. The maximum Gasteiger partial charge on any atom is 0.0483 e. The first-order valence-electron chi connectivity index (χ1n) is 7.30. The highest BCUT2D eigenvalue weighted by Gasteiger charge is 2.27. The lowest BCUT2D eigenvalue weighted by Gasteiger charge is -2.38. The van der Waals surface area contributed by atoms with Crippen LogP contribution in [0.15, 0.2) is 24.3 Å². The van der Waals surface area contributed by atoms with E-state index in [4.69, 9.17) is 0 Å². The second kappa shape index (κ2) is 7.32. The van der Waals surface area contributed by atoms with Crippen molar-refractivity contribution in [2.75, 3.05) is 32.1 Å². The fourth-order valence-corrected chi connectivity index (χ4v) is 4.09. The van der Waals surface area contributed by atoms with Gasteiger partial charge in [0, 0.05) is 30.1 Å². The quantitative estimate of drug-likeness (QED) is 0.891. The van der Waals surface area contributed by atoms with Gasteiger partial charge < -0.3 is 5.32 Å². The molecule has 1 N–H and O–H groups in total. The molecule has 1 saturated heterocycles. The molecule has 1 fully saturated rings. The first kappa shape index (κ1) is 14.9. The smallest absolute Gasteiger partial charge is 0.0483 e. The van der Waals surface area contributed by atoms with Crippen LogP contribution in [0.5, 0.6) is 0 Å². The Morgan fingerprint density at radius 2 is 2.11 bits per heavy atom. The van der Waals surface area contributed by atoms with Crippen molar-refractivity contribution in [1.82, 2.24) is 10.2 Å². The standard InChI is InChI=1S/C16H26N2S/c1-4-5-13-6-8-14(9-7-13)16(17-2)15-12-19-11-10-18(15)3/h6-9,15-17H,4-5,10-12H2,1-3H3. The Morgan fingerprint density at radius 1 is 1.37 bits per heavy atom. The van der Waals surface area contributed by atoms with E-state index in [1.165, 1.54) is 42.0 Å². The third-order valence-corrected chi connectivity index (χ3v) is 5.06. The van der Waals surface area contributed by atoms with Crippen molar-refractivity contribution < 1.29 is 0 Å². The number of nitrogens with zero attached hydrogens (tertiary/aromatic N) is 1. The number of thioether (sulfide) groups is 1. The molecule has 1 aliphatic rings. The molecule has 0 spiro atoms. The Labute approximate surface area is 122 Å². The lowest BCUT2D eigenvalue weighted by molar-refractivity contribution is 0.221. The van der Waals surface area contributed by atoms with Gasteiger partial charge >= 0.3 is 0 Å². The number of benzene rings is 1. The van der Waals surface area contributed by atoms with E-state index in [-0.39, 0.29) is 0 Å². The van der Waals surface area contributed by atoms with Gasteiger partial charge in [0.1, 0.15) is 0 Å². The van der Waals surface area contributed by atoms with Crippen molar-refractivity contribution in [3.8, 4) is 0 Å². The zero-order chi connectivity index (χ0) is 13.7. The van der Waals surface area contributed by atoms with Crippen molar-refractivity contribution in [2.24, 2.45) is 0 Å². The minimum Gasteiger partial charge on any atom is -0.312 e. The van der Waals surface area contributed by atoms with E-state index in [1.54, 1.807) is 0 Å². The Bertz CT molecular complexity index is 377. The minimum absolute atomic E-state index is 0.438. The van der Waals surface area contributed by atoms with Crippen molar-refractivity contribution >= 4 is 11.8 Å². The summed E-state index contributed by atoms with van der Waals surface area (Å²) in [5, 5.41) is 3.51. The third-order valence-electron chi connectivity index (χ3n) is 4.02. The second-order valence-electron chi connectivity index (χ2n) is 5.38. The van der Waals surface area contributed by atoms with Crippen LogP contribution >= 0.6 is 11.8 Å². The fourth-order valence-electron chi connectivity index (χ4n) is 2.82. The van der Waals surface area contributed by atoms with Crippen LogP contribution in [-0.4, -0.2) is 43.1 Å². The van der Waals surface area contributed by atoms with E-state index in [9.17, 15) is 0 Å². The molecule has 19 heavy (non-hydrogen) atoms. The van der Waals surface area contributed by atoms with Gasteiger partial charge in [0.15, 0.2) is 0 Å². The van der Waals surface area contributed by atoms with Crippen LogP contribution in [0, 0.1) is 0 Å². The number of likely N-dealkylation sites (N-methyl/N-ethyl adjacent to an activating group) is 2. The van der Waals surface area contributed by atoms with Crippen LogP contribution in [0.3, 0.4) is 0 Å². The summed E-state index contributed by atoms with van der Waals surface area (Å²) in [7, 11) is 4.33. The van der Waals surface area contributed by atoms with Gasteiger partial charge in [0.2, 0.25) is 0 Å². The van der Waals surface area contributed by atoms with Crippen LogP contribution in [-0.2, 0) is 6.42 Å². The van der Waals surface area contributed by atoms with Gasteiger partial charge in [-0.3, -0.25) is 4.90 Å². The maximum absolute atomic E-state index is 3.51. The van der Waals surface area contributed by atoms with E-state index < -0.39 is 0 Å². The van der Waals surface area contributed by atoms with Gasteiger partial charge in [-0.1, -0.05) is 37.6 Å². The molecule has 106 valence electrons. The Hall–Kier alpha value is -0.510. The average molecular weight is 278 g/mol. The SMILES string of the molecule is CCCc1ccc(C(NC)C2CSCCN2C)cc1. The predicted octanol–water partition coefficient (Wildman–Crippen LogP) is 2.95. The van der Waals surface area contributed by atoms with Crippen LogP contribution in [0.1, 0.15) is 30.5 Å². The number of hydrogen-bond acceptors (Lipinski definition) is 3. The van der Waals surface area contributed by atoms with E-state index in [2.05, 4.69) is 67.3 Å². The molecule has 0 radical (unpaired) electrons. The summed E-state index contributed by atoms with van der Waals surface area (Å²) < 4.78 is 0. The molecular formula is C16H26N2S. The molecular weight excluding hydrogens is 252 g/mol. The van der Waals surface area contributed by atoms with Gasteiger partial charge in [-0.2, -0.15) is 11.8 Å². The molecule has 0 saturated carbocycles. The summed E-state index contributed by atoms with van der Waals surface area (Å²) in [6.45, 7) is 3.43. The molecule has 2 atom stereocenters. The van der Waals surface area contributed by atoms with Gasteiger partial charge in [-0.05, 0) is 31.6 Å². The van der Waals surface area contributed by atoms with E-state index in [0.29, 0.717) is 12.1 Å². The minimum atomic E-state index is 0.438. The van der Waals surface area contributed by atoms with Crippen molar-refractivity contribution in [1.29, 1.82) is 0 Å². The number of hydrogen-bond donors (Lipinski definition) is 1. The van der Waals surface area contributed by atoms with Crippen molar-refractivity contribution in [3.63, 3.8) is 0 Å². The Kier molecular flexibility index (Phi) is 5.74. The van der Waals surface area contributed by atoms with Crippen molar-refractivity contribution in [2.45, 2.75) is 31.8 Å². The third kappa shape index (κ3) is 3.74. The molecule has 1 aromatic rings. The molecule has 0 amide bonds. The van der Waals surface area contributed by atoms with Gasteiger partial charge in [0.25, 0.3) is 0 Å². The van der Waals surface area contributed by atoms with Crippen LogP contribution < -0.4 is 5.32 Å². The summed E-state index contributed by atoms with van der Waals surface area (Å²) in [4.78, 5) is 2.50. The van der Waals surface area contributed by atoms with Gasteiger partial charge in [-0.25, -0.2) is 0 Å². The summed E-state index contributed by atoms with van der Waals surface area (Å²) in [6.07, 6.45) is 2.40. The number of nitrogens with one attached hydrogen (secondary N) is 1. The Morgan fingerprint density at radius 3 is 2.68 bits per heavy atom. The molecule has 0 aliphatic carbocycles. The highest BCUT2D eigenvalue weighted by molar-refractivity contribution is 7.99. The summed E-state index contributed by atoms with van der Waals surface area (Å²) in [5.74, 6) is 2.48. The monoisotopic (exact) mass is 278 g/mol. The summed E-state index contributed by atoms with van der Waals surface area (Å²) in [6, 6.07) is 10.2. The van der Waals surface area contributed by atoms with Crippen LogP contribution in [0.4, 0.5) is 0 Å². The number of rotatable bonds is 5. The first-order valence-corrected chi connectivity index (χ1v) is 8.45. The zero-order valence-corrected chi connectivity index (χ0v) is 13.2. The molecule has 3 heteroatoms. The number of aryl methyl sites for hydroxylation is 1. The molecule has 1 heterocycles. The molecule has 2 unspecified atom stereocenters. The van der Waals surface area contributed by atoms with Crippen LogP contribution in [0.25, 0.3) is 0 Å². The zero-order valence-electron chi connectivity index (χ0n) is 12.4.